The van der Waals surface area contributed by atoms with E-state index in [1.807, 2.05) is 6.07 Å². The lowest BCUT2D eigenvalue weighted by molar-refractivity contribution is -0.126. The van der Waals surface area contributed by atoms with Crippen molar-refractivity contribution in [2.75, 3.05) is 37.3 Å². The highest BCUT2D eigenvalue weighted by Crippen LogP contribution is 2.57. The van der Waals surface area contributed by atoms with Crippen molar-refractivity contribution in [3.8, 4) is 5.75 Å². The first-order valence-electron chi connectivity index (χ1n) is 10.9. The van der Waals surface area contributed by atoms with Crippen LogP contribution in [0.25, 0.3) is 0 Å². The molecule has 1 aromatic carbocycles. The van der Waals surface area contributed by atoms with Gasteiger partial charge in [-0.15, -0.1) is 47.2 Å². The van der Waals surface area contributed by atoms with Crippen LogP contribution in [0.1, 0.15) is 49.7 Å². The molecule has 3 aliphatic rings. The van der Waals surface area contributed by atoms with Crippen molar-refractivity contribution < 1.29 is 9.90 Å². The first-order valence-corrected chi connectivity index (χ1v) is 12.5. The van der Waals surface area contributed by atoms with Gasteiger partial charge in [0.25, 0.3) is 0 Å². The highest BCUT2D eigenvalue weighted by Gasteiger charge is 2.52. The minimum absolute atomic E-state index is 0. The summed E-state index contributed by atoms with van der Waals surface area (Å²) < 4.78 is 0. The van der Waals surface area contributed by atoms with Gasteiger partial charge in [-0.05, 0) is 54.9 Å². The Morgan fingerprint density at radius 2 is 1.74 bits per heavy atom. The fourth-order valence-corrected chi connectivity index (χ4v) is 6.14. The number of Topliss-reactive ketones (excluding diaryl/α,β-unsaturated/α-hetero) is 1. The smallest absolute Gasteiger partial charge is 0.139 e. The second-order valence-corrected chi connectivity index (χ2v) is 9.86. The molecule has 2 saturated carbocycles. The molecule has 3 nitrogen and oxygen atoms in total. The van der Waals surface area contributed by atoms with Gasteiger partial charge in [-0.3, -0.25) is 9.69 Å². The third-order valence-electron chi connectivity index (χ3n) is 7.09. The molecule has 0 aliphatic heterocycles. The molecule has 0 bridgehead atoms. The second kappa shape index (κ2) is 12.1. The molecule has 0 heterocycles. The Kier molecular flexibility index (Phi) is 10.5. The van der Waals surface area contributed by atoms with Crippen molar-refractivity contribution in [1.82, 2.24) is 4.90 Å². The number of allylic oxidation sites excluding steroid dienone is 2. The molecule has 0 amide bonds. The maximum Gasteiger partial charge on any atom is 0.139 e. The first kappa shape index (κ1) is 26.8. The standard InChI is InChI=1S/C18H20O2.C6H12Cl3N.ClH/c1-18-9-8-14-13-5-3-12(19)10-11(13)2-4-15(14)16(18)6-7-17(18)20;7-1-4-10(5-2-8)6-3-9;/h3-5,10,14,16,19H,2,6-9H2,1H3;1-6H2;1H. The Labute approximate surface area is 207 Å². The Hall–Kier alpha value is -0.450. The van der Waals surface area contributed by atoms with Gasteiger partial charge in [-0.2, -0.15) is 0 Å². The highest BCUT2D eigenvalue weighted by molar-refractivity contribution is 6.18. The summed E-state index contributed by atoms with van der Waals surface area (Å²) in [7, 11) is 0. The van der Waals surface area contributed by atoms with E-state index in [0.29, 0.717) is 41.0 Å². The maximum atomic E-state index is 12.2. The SMILES string of the molecule is CC12CCC3C(=CCc4cc(O)ccc43)C1CCC2=O.Cl.ClCCN(CCCl)CCCl. The van der Waals surface area contributed by atoms with E-state index in [9.17, 15) is 9.90 Å². The van der Waals surface area contributed by atoms with Crippen LogP contribution < -0.4 is 0 Å². The minimum Gasteiger partial charge on any atom is -0.508 e. The van der Waals surface area contributed by atoms with Crippen molar-refractivity contribution in [3.63, 3.8) is 0 Å². The van der Waals surface area contributed by atoms with Crippen LogP contribution in [-0.2, 0) is 11.2 Å². The number of aromatic hydroxyl groups is 1. The topological polar surface area (TPSA) is 40.5 Å². The Bertz CT molecular complexity index is 771. The summed E-state index contributed by atoms with van der Waals surface area (Å²) in [5.74, 6) is 3.70. The van der Waals surface area contributed by atoms with E-state index in [-0.39, 0.29) is 17.8 Å². The van der Waals surface area contributed by atoms with Crippen molar-refractivity contribution in [2.24, 2.45) is 11.3 Å². The van der Waals surface area contributed by atoms with Gasteiger partial charge in [0.2, 0.25) is 0 Å². The molecule has 1 N–H and O–H groups in total. The number of halogens is 4. The number of hydrogen-bond donors (Lipinski definition) is 1. The van der Waals surface area contributed by atoms with Crippen LogP contribution in [0.2, 0.25) is 0 Å². The average molecular weight is 509 g/mol. The molecule has 3 atom stereocenters. The van der Waals surface area contributed by atoms with Crippen molar-refractivity contribution in [2.45, 2.75) is 44.9 Å². The maximum absolute atomic E-state index is 12.2. The lowest BCUT2D eigenvalue weighted by Crippen LogP contribution is -2.37. The number of hydrogen-bond acceptors (Lipinski definition) is 3. The molecule has 2 fully saturated rings. The number of phenolic OH excluding ortho intramolecular Hbond substituents is 1. The van der Waals surface area contributed by atoms with Crippen molar-refractivity contribution in [1.29, 1.82) is 0 Å². The van der Waals surface area contributed by atoms with Crippen LogP contribution in [0.5, 0.6) is 5.75 Å². The highest BCUT2D eigenvalue weighted by atomic mass is 35.5. The molecule has 0 saturated heterocycles. The molecule has 174 valence electrons. The number of benzene rings is 1. The summed E-state index contributed by atoms with van der Waals surface area (Å²) in [6.07, 6.45) is 7.11. The van der Waals surface area contributed by atoms with Crippen LogP contribution in [-0.4, -0.2) is 53.1 Å². The summed E-state index contributed by atoms with van der Waals surface area (Å²) in [5.41, 5.74) is 4.03. The number of fused-ring (bicyclic) bond motifs is 5. The van der Waals surface area contributed by atoms with Crippen LogP contribution in [0.4, 0.5) is 0 Å². The summed E-state index contributed by atoms with van der Waals surface area (Å²) in [6, 6.07) is 5.79. The minimum atomic E-state index is -0.100. The van der Waals surface area contributed by atoms with Gasteiger partial charge in [-0.1, -0.05) is 24.6 Å². The summed E-state index contributed by atoms with van der Waals surface area (Å²) in [5, 5.41) is 9.64. The van der Waals surface area contributed by atoms with E-state index >= 15 is 0 Å². The number of rotatable bonds is 6. The van der Waals surface area contributed by atoms with Crippen molar-refractivity contribution in [3.05, 3.63) is 41.0 Å². The van der Waals surface area contributed by atoms with E-state index in [4.69, 9.17) is 34.8 Å². The van der Waals surface area contributed by atoms with E-state index in [1.165, 1.54) is 16.7 Å². The monoisotopic (exact) mass is 507 g/mol. The van der Waals surface area contributed by atoms with Gasteiger partial charge in [0.15, 0.2) is 0 Å². The predicted octanol–water partition coefficient (Wildman–Crippen LogP) is 6.16. The predicted molar refractivity (Wildman–Crippen MR) is 134 cm³/mol. The van der Waals surface area contributed by atoms with Gasteiger partial charge >= 0.3 is 0 Å². The molecule has 7 heteroatoms. The molecular weight excluding hydrogens is 476 g/mol. The molecule has 0 spiro atoms. The molecule has 4 rings (SSSR count). The molecular formula is C24H33Cl4NO2. The zero-order valence-electron chi connectivity index (χ0n) is 18.1. The summed E-state index contributed by atoms with van der Waals surface area (Å²) in [6.45, 7) is 4.80. The molecule has 1 aromatic rings. The number of phenols is 1. The second-order valence-electron chi connectivity index (χ2n) is 8.72. The normalized spacial score (nSPS) is 26.1. The number of ketones is 1. The largest absolute Gasteiger partial charge is 0.508 e. The zero-order valence-corrected chi connectivity index (χ0v) is 21.2. The van der Waals surface area contributed by atoms with Crippen LogP contribution >= 0.6 is 47.2 Å². The Balaban J connectivity index is 0.000000269. The van der Waals surface area contributed by atoms with Crippen LogP contribution in [0, 0.1) is 11.3 Å². The number of nitrogens with zero attached hydrogens (tertiary/aromatic N) is 1. The molecule has 0 aromatic heterocycles. The summed E-state index contributed by atoms with van der Waals surface area (Å²) >= 11 is 16.6. The van der Waals surface area contributed by atoms with E-state index in [1.54, 1.807) is 6.07 Å². The van der Waals surface area contributed by atoms with Gasteiger partial charge in [0.05, 0.1) is 0 Å². The first-order chi connectivity index (χ1) is 14.4. The van der Waals surface area contributed by atoms with Gasteiger partial charge < -0.3 is 5.11 Å². The zero-order chi connectivity index (χ0) is 21.7. The Morgan fingerprint density at radius 1 is 1.10 bits per heavy atom. The van der Waals surface area contributed by atoms with Gasteiger partial charge in [-0.25, -0.2) is 0 Å². The molecule has 0 radical (unpaired) electrons. The summed E-state index contributed by atoms with van der Waals surface area (Å²) in [4.78, 5) is 14.4. The third-order valence-corrected chi connectivity index (χ3v) is 7.59. The lowest BCUT2D eigenvalue weighted by atomic mass is 9.60. The van der Waals surface area contributed by atoms with Crippen LogP contribution in [0.3, 0.4) is 0 Å². The fourth-order valence-electron chi connectivity index (χ4n) is 5.43. The number of alkyl halides is 3. The van der Waals surface area contributed by atoms with Gasteiger partial charge in [0, 0.05) is 55.0 Å². The van der Waals surface area contributed by atoms with E-state index in [0.717, 1.165) is 51.7 Å². The van der Waals surface area contributed by atoms with Gasteiger partial charge in [0.1, 0.15) is 11.5 Å². The fraction of sp³-hybridized carbons (Fsp3) is 0.625. The molecule has 31 heavy (non-hydrogen) atoms. The van der Waals surface area contributed by atoms with E-state index in [2.05, 4.69) is 24.0 Å². The van der Waals surface area contributed by atoms with Crippen LogP contribution in [0.15, 0.2) is 29.8 Å². The molecule has 3 unspecified atom stereocenters. The van der Waals surface area contributed by atoms with E-state index < -0.39 is 0 Å². The Morgan fingerprint density at radius 3 is 2.35 bits per heavy atom. The average Bonchev–Trinajstić information content (AvgIpc) is 3.03. The van der Waals surface area contributed by atoms with Crippen molar-refractivity contribution >= 4 is 53.0 Å². The third kappa shape index (κ3) is 5.92. The lowest BCUT2D eigenvalue weighted by Gasteiger charge is -2.43. The number of carbonyl (C=O) groups excluding carboxylic acids is 1. The molecule has 3 aliphatic carbocycles. The quantitative estimate of drug-likeness (QED) is 0.369. The number of carbonyl (C=O) groups is 1.